The number of rotatable bonds is 4. The second kappa shape index (κ2) is 7.26. The molecule has 27 heavy (non-hydrogen) atoms. The molecule has 140 valence electrons. The number of hydrogen-bond acceptors (Lipinski definition) is 7. The maximum atomic E-state index is 12.6. The summed E-state index contributed by atoms with van der Waals surface area (Å²) in [7, 11) is -3.84. The van der Waals surface area contributed by atoms with Crippen LogP contribution in [0.15, 0.2) is 45.8 Å². The molecule has 7 nitrogen and oxygen atoms in total. The van der Waals surface area contributed by atoms with Crippen molar-refractivity contribution in [1.29, 1.82) is 0 Å². The molecule has 2 N–H and O–H groups in total. The molecule has 0 saturated heterocycles. The summed E-state index contributed by atoms with van der Waals surface area (Å²) in [5.74, 6) is -0.885. The number of anilines is 1. The minimum atomic E-state index is -3.84. The largest absolute Gasteiger partial charge is 0.507 e. The summed E-state index contributed by atoms with van der Waals surface area (Å²) in [6.45, 7) is 3.39. The van der Waals surface area contributed by atoms with Gasteiger partial charge in [0.15, 0.2) is 10.2 Å². The molecule has 3 rings (SSSR count). The Balaban J connectivity index is 1.86. The highest BCUT2D eigenvalue weighted by Crippen LogP contribution is 2.30. The van der Waals surface area contributed by atoms with E-state index in [1.165, 1.54) is 18.2 Å². The maximum Gasteiger partial charge on any atom is 0.261 e. The van der Waals surface area contributed by atoms with Crippen LogP contribution in [-0.2, 0) is 9.84 Å². The second-order valence-corrected chi connectivity index (χ2v) is 9.24. The number of halogens is 1. The number of benzene rings is 1. The monoisotopic (exact) mass is 423 g/mol. The Morgan fingerprint density at radius 3 is 2.70 bits per heavy atom. The van der Waals surface area contributed by atoms with Crippen molar-refractivity contribution in [2.75, 3.05) is 5.32 Å². The van der Waals surface area contributed by atoms with Crippen LogP contribution in [0, 0.1) is 13.8 Å². The molecule has 0 saturated carbocycles. The van der Waals surface area contributed by atoms with Gasteiger partial charge in [0.25, 0.3) is 5.91 Å². The maximum absolute atomic E-state index is 12.6. The first-order valence-electron chi connectivity index (χ1n) is 7.63. The van der Waals surface area contributed by atoms with Gasteiger partial charge in [0.1, 0.15) is 9.96 Å². The van der Waals surface area contributed by atoms with Gasteiger partial charge in [0.05, 0.1) is 11.8 Å². The molecule has 3 aromatic rings. The topological polar surface area (TPSA) is 109 Å². The molecule has 0 unspecified atom stereocenters. The molecule has 0 aliphatic heterocycles. The van der Waals surface area contributed by atoms with Crippen LogP contribution in [0.25, 0.3) is 0 Å². The molecular formula is C17H14ClN3O4S2. The molecule has 0 bridgehead atoms. The fourth-order valence-corrected chi connectivity index (χ4v) is 4.78. The number of hydrogen-bond donors (Lipinski definition) is 2. The van der Waals surface area contributed by atoms with E-state index < -0.39 is 15.7 Å². The lowest BCUT2D eigenvalue weighted by Gasteiger charge is -2.06. The first-order valence-corrected chi connectivity index (χ1v) is 10.3. The Hall–Kier alpha value is -2.49. The zero-order valence-electron chi connectivity index (χ0n) is 14.2. The fraction of sp³-hybridized carbons (Fsp3) is 0.118. The summed E-state index contributed by atoms with van der Waals surface area (Å²) in [6, 6.07) is 7.40. The van der Waals surface area contributed by atoms with Crippen molar-refractivity contribution in [3.05, 3.63) is 58.4 Å². The standard InChI is InChI=1S/C17H14ClN3O4S2/c1-9-6-13(22)11(7-12(9)18)16(23)21-17-19-8-15(26-17)27(24,25)14-5-3-4-10(2)20-14/h3-8,22H,1-2H3,(H,19,21,23). The van der Waals surface area contributed by atoms with E-state index in [4.69, 9.17) is 11.6 Å². The number of nitrogens with one attached hydrogen (secondary N) is 1. The number of sulfone groups is 1. The number of carbonyl (C=O) groups is 1. The van der Waals surface area contributed by atoms with Gasteiger partial charge in [-0.05, 0) is 43.7 Å². The minimum Gasteiger partial charge on any atom is -0.507 e. The van der Waals surface area contributed by atoms with E-state index in [0.717, 1.165) is 17.5 Å². The zero-order chi connectivity index (χ0) is 19.8. The average molecular weight is 424 g/mol. The molecule has 1 amide bonds. The van der Waals surface area contributed by atoms with E-state index in [1.54, 1.807) is 26.0 Å². The van der Waals surface area contributed by atoms with E-state index >= 15 is 0 Å². The number of pyridine rings is 1. The average Bonchev–Trinajstić information content (AvgIpc) is 3.07. The highest BCUT2D eigenvalue weighted by atomic mass is 35.5. The molecule has 0 fully saturated rings. The minimum absolute atomic E-state index is 0.0365. The lowest BCUT2D eigenvalue weighted by Crippen LogP contribution is -2.12. The van der Waals surface area contributed by atoms with Crippen LogP contribution in [0.1, 0.15) is 21.6 Å². The summed E-state index contributed by atoms with van der Waals surface area (Å²) in [4.78, 5) is 20.3. The normalized spacial score (nSPS) is 11.4. The number of amides is 1. The number of nitrogens with zero attached hydrogens (tertiary/aromatic N) is 2. The molecule has 2 aromatic heterocycles. The summed E-state index contributed by atoms with van der Waals surface area (Å²) >= 11 is 6.78. The van der Waals surface area contributed by atoms with E-state index in [9.17, 15) is 18.3 Å². The molecule has 0 atom stereocenters. The smallest absolute Gasteiger partial charge is 0.261 e. The fourth-order valence-electron chi connectivity index (χ4n) is 2.22. The first kappa shape index (κ1) is 19.3. The summed E-state index contributed by atoms with van der Waals surface area (Å²) in [6.07, 6.45) is 1.15. The van der Waals surface area contributed by atoms with Gasteiger partial charge >= 0.3 is 0 Å². The number of aromatic hydroxyl groups is 1. The molecule has 2 heterocycles. The quantitative estimate of drug-likeness (QED) is 0.663. The van der Waals surface area contributed by atoms with Crippen LogP contribution >= 0.6 is 22.9 Å². The van der Waals surface area contributed by atoms with Gasteiger partial charge in [0.2, 0.25) is 9.84 Å². The number of aromatic nitrogens is 2. The molecule has 0 aliphatic rings. The van der Waals surface area contributed by atoms with Crippen LogP contribution < -0.4 is 5.32 Å². The van der Waals surface area contributed by atoms with Crippen molar-refractivity contribution in [3.63, 3.8) is 0 Å². The summed E-state index contributed by atoms with van der Waals surface area (Å²) in [5.41, 5.74) is 1.16. The van der Waals surface area contributed by atoms with Gasteiger partial charge in [0, 0.05) is 10.7 Å². The Kier molecular flexibility index (Phi) is 5.18. The van der Waals surface area contributed by atoms with Crippen LogP contribution in [-0.4, -0.2) is 29.4 Å². The molecule has 0 aliphatic carbocycles. The van der Waals surface area contributed by atoms with Crippen molar-refractivity contribution in [2.24, 2.45) is 0 Å². The van der Waals surface area contributed by atoms with Gasteiger partial charge in [-0.15, -0.1) is 0 Å². The Morgan fingerprint density at radius 2 is 2.00 bits per heavy atom. The van der Waals surface area contributed by atoms with E-state index in [-0.39, 0.29) is 25.7 Å². The van der Waals surface area contributed by atoms with E-state index in [0.29, 0.717) is 16.3 Å². The van der Waals surface area contributed by atoms with Gasteiger partial charge < -0.3 is 5.11 Å². The van der Waals surface area contributed by atoms with Crippen molar-refractivity contribution in [3.8, 4) is 5.75 Å². The van der Waals surface area contributed by atoms with Gasteiger partial charge in [-0.1, -0.05) is 29.0 Å². The van der Waals surface area contributed by atoms with Gasteiger partial charge in [-0.2, -0.15) is 0 Å². The first-order chi connectivity index (χ1) is 12.7. The van der Waals surface area contributed by atoms with Crippen molar-refractivity contribution in [1.82, 2.24) is 9.97 Å². The lowest BCUT2D eigenvalue weighted by atomic mass is 10.1. The third-order valence-corrected chi connectivity index (χ3v) is 7.07. The van der Waals surface area contributed by atoms with Crippen LogP contribution in [0.5, 0.6) is 5.75 Å². The van der Waals surface area contributed by atoms with Crippen LogP contribution in [0.3, 0.4) is 0 Å². The predicted octanol–water partition coefficient (Wildman–Crippen LogP) is 3.60. The van der Waals surface area contributed by atoms with Crippen molar-refractivity contribution < 1.29 is 18.3 Å². The highest BCUT2D eigenvalue weighted by Gasteiger charge is 2.23. The third kappa shape index (κ3) is 3.95. The zero-order valence-corrected chi connectivity index (χ0v) is 16.6. The Bertz CT molecular complexity index is 1140. The van der Waals surface area contributed by atoms with Crippen molar-refractivity contribution >= 4 is 43.8 Å². The molecule has 0 radical (unpaired) electrons. The molecular weight excluding hydrogens is 410 g/mol. The number of phenolic OH excluding ortho intramolecular Hbond substituents is 1. The Morgan fingerprint density at radius 1 is 1.26 bits per heavy atom. The third-order valence-electron chi connectivity index (χ3n) is 3.63. The molecule has 10 heteroatoms. The number of phenols is 1. The SMILES string of the molecule is Cc1cccc(S(=O)(=O)c2cnc(NC(=O)c3cc(Cl)c(C)cc3O)s2)n1. The van der Waals surface area contributed by atoms with Crippen molar-refractivity contribution in [2.45, 2.75) is 23.1 Å². The van der Waals surface area contributed by atoms with E-state index in [1.807, 2.05) is 0 Å². The van der Waals surface area contributed by atoms with E-state index in [2.05, 4.69) is 15.3 Å². The predicted molar refractivity (Wildman–Crippen MR) is 102 cm³/mol. The van der Waals surface area contributed by atoms with Crippen LogP contribution in [0.4, 0.5) is 5.13 Å². The van der Waals surface area contributed by atoms with Crippen LogP contribution in [0.2, 0.25) is 5.02 Å². The van der Waals surface area contributed by atoms with Gasteiger partial charge in [-0.25, -0.2) is 18.4 Å². The highest BCUT2D eigenvalue weighted by molar-refractivity contribution is 7.93. The summed E-state index contributed by atoms with van der Waals surface area (Å²) < 4.78 is 25.2. The number of thiazole rings is 1. The lowest BCUT2D eigenvalue weighted by molar-refractivity contribution is 0.102. The summed E-state index contributed by atoms with van der Waals surface area (Å²) in [5, 5.41) is 12.7. The van der Waals surface area contributed by atoms with Gasteiger partial charge in [-0.3, -0.25) is 10.1 Å². The number of carbonyl (C=O) groups excluding carboxylic acids is 1. The molecule has 0 spiro atoms. The second-order valence-electron chi connectivity index (χ2n) is 5.68. The number of aryl methyl sites for hydroxylation is 2. The molecule has 1 aromatic carbocycles. The Labute approximate surface area is 164 Å².